The molecule has 34 heavy (non-hydrogen) atoms. The molecule has 0 atom stereocenters. The number of nitrogens with zero attached hydrogens (tertiary/aromatic N) is 1. The number of rotatable bonds is 7. The zero-order chi connectivity index (χ0) is 24.5. The summed E-state index contributed by atoms with van der Waals surface area (Å²) < 4.78 is 52.2. The van der Waals surface area contributed by atoms with Gasteiger partial charge in [-0.25, -0.2) is 9.18 Å². The van der Waals surface area contributed by atoms with Gasteiger partial charge >= 0.3 is 5.97 Å². The van der Waals surface area contributed by atoms with Crippen molar-refractivity contribution in [1.29, 1.82) is 0 Å². The lowest BCUT2D eigenvalue weighted by molar-refractivity contribution is 0.0691. The van der Waals surface area contributed by atoms with E-state index in [4.69, 9.17) is 14.3 Å². The van der Waals surface area contributed by atoms with E-state index in [1.807, 2.05) is 12.1 Å². The third-order valence-electron chi connectivity index (χ3n) is 5.85. The maximum atomic E-state index is 14.1. The molecule has 11 heteroatoms. The van der Waals surface area contributed by atoms with E-state index in [1.165, 1.54) is 7.11 Å². The van der Waals surface area contributed by atoms with E-state index >= 15 is 0 Å². The van der Waals surface area contributed by atoms with Crippen molar-refractivity contribution in [2.24, 2.45) is 0 Å². The normalized spacial score (nSPS) is 18.4. The standard InChI is InChI=1S/C23H23FN2O7S/c1-32-20-10-17(23(28)29)18(24)11-19(20)26-34(30,31)21-12-33-22(25-21)15-4-2-13(3-5-15)14-6-8-16(27)9-7-14/h2-5,10-12,14,16,26-27H,6-9H2,1H3,(H,28,29)/t14-,16+. The number of anilines is 1. The molecule has 1 heterocycles. The first-order valence-electron chi connectivity index (χ1n) is 10.6. The fourth-order valence-corrected chi connectivity index (χ4v) is 4.92. The average molecular weight is 491 g/mol. The van der Waals surface area contributed by atoms with Crippen LogP contribution >= 0.6 is 0 Å². The second kappa shape index (κ2) is 9.43. The largest absolute Gasteiger partial charge is 0.495 e. The smallest absolute Gasteiger partial charge is 0.338 e. The van der Waals surface area contributed by atoms with Crippen molar-refractivity contribution in [1.82, 2.24) is 4.98 Å². The summed E-state index contributed by atoms with van der Waals surface area (Å²) in [5, 5.41) is 18.3. The summed E-state index contributed by atoms with van der Waals surface area (Å²) >= 11 is 0. The first kappa shape index (κ1) is 23.7. The molecular weight excluding hydrogens is 467 g/mol. The fraction of sp³-hybridized carbons (Fsp3) is 0.304. The number of hydrogen-bond acceptors (Lipinski definition) is 7. The lowest BCUT2D eigenvalue weighted by Crippen LogP contribution is -2.16. The van der Waals surface area contributed by atoms with Crippen LogP contribution in [0.4, 0.5) is 10.1 Å². The molecule has 1 saturated carbocycles. The molecule has 0 saturated heterocycles. The minimum absolute atomic E-state index is 0.0883. The number of methoxy groups -OCH3 is 1. The number of sulfonamides is 1. The zero-order valence-electron chi connectivity index (χ0n) is 18.2. The molecule has 2 aromatic carbocycles. The molecule has 0 aliphatic heterocycles. The van der Waals surface area contributed by atoms with Crippen molar-refractivity contribution in [3.8, 4) is 17.2 Å². The monoisotopic (exact) mass is 490 g/mol. The number of aliphatic hydroxyl groups excluding tert-OH is 1. The molecule has 3 aromatic rings. The molecule has 0 unspecified atom stereocenters. The Labute approximate surface area is 195 Å². The Morgan fingerprint density at radius 3 is 2.47 bits per heavy atom. The number of carbonyl (C=O) groups is 1. The van der Waals surface area contributed by atoms with Crippen molar-refractivity contribution < 1.29 is 37.0 Å². The van der Waals surface area contributed by atoms with E-state index in [-0.39, 0.29) is 23.4 Å². The van der Waals surface area contributed by atoms with Gasteiger partial charge in [-0.2, -0.15) is 13.4 Å². The van der Waals surface area contributed by atoms with E-state index in [2.05, 4.69) is 9.71 Å². The maximum Gasteiger partial charge on any atom is 0.338 e. The van der Waals surface area contributed by atoms with Gasteiger partial charge in [-0.15, -0.1) is 0 Å². The average Bonchev–Trinajstić information content (AvgIpc) is 3.31. The van der Waals surface area contributed by atoms with Crippen molar-refractivity contribution >= 4 is 21.7 Å². The first-order valence-corrected chi connectivity index (χ1v) is 12.0. The van der Waals surface area contributed by atoms with E-state index in [9.17, 15) is 22.7 Å². The predicted molar refractivity (Wildman–Crippen MR) is 120 cm³/mol. The number of hydrogen-bond donors (Lipinski definition) is 3. The summed E-state index contributed by atoms with van der Waals surface area (Å²) in [5.41, 5.74) is 0.777. The summed E-state index contributed by atoms with van der Waals surface area (Å²) in [6.07, 6.45) is 4.09. The minimum Gasteiger partial charge on any atom is -0.495 e. The Morgan fingerprint density at radius 2 is 1.85 bits per heavy atom. The highest BCUT2D eigenvalue weighted by atomic mass is 32.2. The summed E-state index contributed by atoms with van der Waals surface area (Å²) in [5.74, 6) is -2.36. The number of oxazole rings is 1. The van der Waals surface area contributed by atoms with Gasteiger partial charge in [0.05, 0.1) is 24.5 Å². The number of halogens is 1. The maximum absolute atomic E-state index is 14.1. The predicted octanol–water partition coefficient (Wildman–Crippen LogP) is 4.01. The molecular formula is C23H23FN2O7S. The van der Waals surface area contributed by atoms with Crippen LogP contribution in [0, 0.1) is 5.82 Å². The third-order valence-corrected chi connectivity index (χ3v) is 7.07. The first-order chi connectivity index (χ1) is 16.2. The van der Waals surface area contributed by atoms with Gasteiger partial charge in [-0.05, 0) is 55.4 Å². The molecule has 0 bridgehead atoms. The van der Waals surface area contributed by atoms with Crippen LogP contribution in [0.15, 0.2) is 52.1 Å². The molecule has 1 fully saturated rings. The van der Waals surface area contributed by atoms with Crippen LogP contribution in [0.5, 0.6) is 5.75 Å². The molecule has 0 radical (unpaired) electrons. The second-order valence-corrected chi connectivity index (χ2v) is 9.69. The number of benzene rings is 2. The summed E-state index contributed by atoms with van der Waals surface area (Å²) in [6.45, 7) is 0. The number of nitrogens with one attached hydrogen (secondary N) is 1. The topological polar surface area (TPSA) is 139 Å². The Bertz CT molecular complexity index is 1300. The number of aromatic carboxylic acids is 1. The van der Waals surface area contributed by atoms with Crippen molar-refractivity contribution in [3.63, 3.8) is 0 Å². The Hall–Kier alpha value is -3.44. The number of carboxylic acid groups (broad SMARTS) is 1. The number of aliphatic hydroxyl groups is 1. The Balaban J connectivity index is 1.53. The van der Waals surface area contributed by atoms with Crippen LogP contribution in [0.25, 0.3) is 11.5 Å². The van der Waals surface area contributed by atoms with Gasteiger partial charge in [0.1, 0.15) is 17.8 Å². The van der Waals surface area contributed by atoms with E-state index in [0.29, 0.717) is 11.5 Å². The van der Waals surface area contributed by atoms with Crippen molar-refractivity contribution in [3.05, 3.63) is 59.6 Å². The SMILES string of the molecule is COc1cc(C(=O)O)c(F)cc1NS(=O)(=O)c1coc(-c2ccc([C@H]3CC[C@@H](O)CC3)cc2)n1. The highest BCUT2D eigenvalue weighted by molar-refractivity contribution is 7.92. The molecule has 0 spiro atoms. The number of aromatic nitrogens is 1. The molecule has 1 aliphatic rings. The lowest BCUT2D eigenvalue weighted by Gasteiger charge is -2.25. The molecule has 1 aliphatic carbocycles. The quantitative estimate of drug-likeness (QED) is 0.452. The fourth-order valence-electron chi connectivity index (χ4n) is 3.99. The van der Waals surface area contributed by atoms with Gasteiger partial charge < -0.3 is 19.4 Å². The number of carboxylic acids is 1. The van der Waals surface area contributed by atoms with Crippen LogP contribution in [0.2, 0.25) is 0 Å². The third kappa shape index (κ3) is 4.90. The molecule has 1 aromatic heterocycles. The molecule has 180 valence electrons. The van der Waals surface area contributed by atoms with Gasteiger partial charge in [-0.1, -0.05) is 12.1 Å². The second-order valence-electron chi connectivity index (χ2n) is 8.06. The molecule has 4 rings (SSSR count). The summed E-state index contributed by atoms with van der Waals surface area (Å²) in [4.78, 5) is 15.1. The summed E-state index contributed by atoms with van der Waals surface area (Å²) in [6, 6.07) is 9.07. The van der Waals surface area contributed by atoms with Crippen LogP contribution in [0.3, 0.4) is 0 Å². The van der Waals surface area contributed by atoms with Crippen LogP contribution in [-0.4, -0.2) is 42.8 Å². The van der Waals surface area contributed by atoms with Crippen LogP contribution in [-0.2, 0) is 10.0 Å². The van der Waals surface area contributed by atoms with Crippen LogP contribution < -0.4 is 9.46 Å². The molecule has 3 N–H and O–H groups in total. The van der Waals surface area contributed by atoms with E-state index in [1.54, 1.807) is 12.1 Å². The Kier molecular flexibility index (Phi) is 6.58. The van der Waals surface area contributed by atoms with Gasteiger partial charge in [0.15, 0.2) is 0 Å². The van der Waals surface area contributed by atoms with Gasteiger partial charge in [-0.3, -0.25) is 4.72 Å². The molecule has 0 amide bonds. The van der Waals surface area contributed by atoms with Crippen LogP contribution in [0.1, 0.15) is 47.5 Å². The highest BCUT2D eigenvalue weighted by Crippen LogP contribution is 2.34. The molecule has 9 nitrogen and oxygen atoms in total. The Morgan fingerprint density at radius 1 is 1.18 bits per heavy atom. The highest BCUT2D eigenvalue weighted by Gasteiger charge is 2.25. The van der Waals surface area contributed by atoms with Gasteiger partial charge in [0, 0.05) is 11.6 Å². The van der Waals surface area contributed by atoms with Gasteiger partial charge in [0.25, 0.3) is 10.0 Å². The van der Waals surface area contributed by atoms with Crippen molar-refractivity contribution in [2.45, 2.75) is 42.7 Å². The zero-order valence-corrected chi connectivity index (χ0v) is 19.0. The minimum atomic E-state index is -4.29. The van der Waals surface area contributed by atoms with E-state index in [0.717, 1.165) is 49.6 Å². The summed E-state index contributed by atoms with van der Waals surface area (Å²) in [7, 11) is -3.09. The van der Waals surface area contributed by atoms with Gasteiger partial charge in [0.2, 0.25) is 10.9 Å². The van der Waals surface area contributed by atoms with E-state index < -0.39 is 32.4 Å². The lowest BCUT2D eigenvalue weighted by atomic mass is 9.82. The van der Waals surface area contributed by atoms with Crippen molar-refractivity contribution in [2.75, 3.05) is 11.8 Å². The number of ether oxygens (including phenoxy) is 1.